The predicted octanol–water partition coefficient (Wildman–Crippen LogP) is 1.88. The molecular formula is C13H15ClF3N3O4S. The van der Waals surface area contributed by atoms with Crippen LogP contribution in [0.15, 0.2) is 23.1 Å². The van der Waals surface area contributed by atoms with Crippen LogP contribution in [0.1, 0.15) is 5.56 Å². The van der Waals surface area contributed by atoms with Crippen LogP contribution in [0.4, 0.5) is 18.9 Å². The third-order valence-corrected chi connectivity index (χ3v) is 6.34. The topological polar surface area (TPSA) is 92.5 Å². The maximum Gasteiger partial charge on any atom is 0.417 e. The van der Waals surface area contributed by atoms with Gasteiger partial charge in [-0.05, 0) is 31.0 Å². The molecule has 0 spiro atoms. The number of nitro groups is 1. The predicted molar refractivity (Wildman–Crippen MR) is 84.0 cm³/mol. The molecule has 0 unspecified atom stereocenters. The van der Waals surface area contributed by atoms with Crippen LogP contribution in [-0.2, 0) is 16.2 Å². The molecule has 0 amide bonds. The van der Waals surface area contributed by atoms with Crippen molar-refractivity contribution in [2.45, 2.75) is 11.1 Å². The van der Waals surface area contributed by atoms with Crippen LogP contribution in [0.25, 0.3) is 0 Å². The fraction of sp³-hybridized carbons (Fsp3) is 0.538. The lowest BCUT2D eigenvalue weighted by Crippen LogP contribution is -2.33. The van der Waals surface area contributed by atoms with E-state index >= 15 is 0 Å². The van der Waals surface area contributed by atoms with Gasteiger partial charge in [-0.1, -0.05) is 0 Å². The number of nitrogens with zero attached hydrogens (tertiary/aromatic N) is 2. The van der Waals surface area contributed by atoms with Gasteiger partial charge in [0, 0.05) is 25.2 Å². The Morgan fingerprint density at radius 3 is 2.24 bits per heavy atom. The summed E-state index contributed by atoms with van der Waals surface area (Å²) >= 11 is 0. The first-order valence-corrected chi connectivity index (χ1v) is 8.61. The molecule has 3 rings (SSSR count). The van der Waals surface area contributed by atoms with Crippen LogP contribution >= 0.6 is 12.4 Å². The second-order valence-electron chi connectivity index (χ2n) is 5.94. The Balaban J connectivity index is 0.00000225. The highest BCUT2D eigenvalue weighted by atomic mass is 35.5. The molecule has 2 fully saturated rings. The van der Waals surface area contributed by atoms with Crippen molar-refractivity contribution in [3.63, 3.8) is 0 Å². The summed E-state index contributed by atoms with van der Waals surface area (Å²) < 4.78 is 66.0. The van der Waals surface area contributed by atoms with Crippen LogP contribution in [0.3, 0.4) is 0 Å². The molecule has 2 saturated heterocycles. The summed E-state index contributed by atoms with van der Waals surface area (Å²) in [6.07, 6.45) is -5.01. The number of halogens is 4. The number of alkyl halides is 3. The number of rotatable bonds is 3. The van der Waals surface area contributed by atoms with Crippen molar-refractivity contribution in [3.05, 3.63) is 33.9 Å². The number of non-ortho nitro benzene ring substituents is 1. The zero-order valence-electron chi connectivity index (χ0n) is 12.7. The number of fused-ring (bicyclic) bond motifs is 1. The lowest BCUT2D eigenvalue weighted by Gasteiger charge is -2.20. The van der Waals surface area contributed by atoms with E-state index in [4.69, 9.17) is 0 Å². The highest BCUT2D eigenvalue weighted by molar-refractivity contribution is 7.89. The van der Waals surface area contributed by atoms with Crippen molar-refractivity contribution < 1.29 is 26.5 Å². The Kier molecular flexibility index (Phi) is 5.34. The van der Waals surface area contributed by atoms with E-state index in [0.717, 1.165) is 10.4 Å². The maximum atomic E-state index is 13.2. The third kappa shape index (κ3) is 3.59. The monoisotopic (exact) mass is 401 g/mol. The Bertz CT molecular complexity index is 775. The van der Waals surface area contributed by atoms with Gasteiger partial charge in [0.05, 0.1) is 15.4 Å². The molecule has 1 aromatic carbocycles. The van der Waals surface area contributed by atoms with Gasteiger partial charge in [-0.25, -0.2) is 8.42 Å². The lowest BCUT2D eigenvalue weighted by molar-refractivity contribution is -0.385. The number of nitrogens with one attached hydrogen (secondary N) is 1. The van der Waals surface area contributed by atoms with Gasteiger partial charge in [0.25, 0.3) is 5.69 Å². The van der Waals surface area contributed by atoms with Crippen LogP contribution in [0.2, 0.25) is 0 Å². The minimum atomic E-state index is -5.01. The van der Waals surface area contributed by atoms with E-state index in [9.17, 15) is 31.7 Å². The van der Waals surface area contributed by atoms with Crippen molar-refractivity contribution in [3.8, 4) is 0 Å². The van der Waals surface area contributed by atoms with Gasteiger partial charge in [0.1, 0.15) is 0 Å². The van der Waals surface area contributed by atoms with E-state index in [2.05, 4.69) is 5.32 Å². The summed E-state index contributed by atoms with van der Waals surface area (Å²) in [6, 6.07) is 1.72. The van der Waals surface area contributed by atoms with Gasteiger partial charge >= 0.3 is 6.18 Å². The van der Waals surface area contributed by atoms with Crippen molar-refractivity contribution >= 4 is 28.1 Å². The lowest BCUT2D eigenvalue weighted by atomic mass is 10.0. The maximum absolute atomic E-state index is 13.2. The highest BCUT2D eigenvalue weighted by Crippen LogP contribution is 2.39. The van der Waals surface area contributed by atoms with E-state index in [0.29, 0.717) is 19.2 Å². The van der Waals surface area contributed by atoms with E-state index < -0.39 is 37.3 Å². The molecular weight excluding hydrogens is 387 g/mol. The standard InChI is InChI=1S/C13H14F3N3O4S.ClH/c14-13(15,16)11-3-10(19(20)21)1-2-12(11)24(22,23)18-6-8-4-17-5-9(8)7-18;/h1-3,8-9,17H,4-7H2;1H/t8-,9+;. The molecule has 2 heterocycles. The molecule has 0 aromatic heterocycles. The van der Waals surface area contributed by atoms with Gasteiger partial charge in [-0.2, -0.15) is 17.5 Å². The second-order valence-corrected chi connectivity index (χ2v) is 7.84. The van der Waals surface area contributed by atoms with Crippen LogP contribution in [0, 0.1) is 22.0 Å². The molecule has 2 atom stereocenters. The minimum absolute atomic E-state index is 0. The zero-order valence-corrected chi connectivity index (χ0v) is 14.3. The molecule has 0 radical (unpaired) electrons. The molecule has 2 aliphatic rings. The van der Waals surface area contributed by atoms with Crippen LogP contribution < -0.4 is 5.32 Å². The molecule has 2 aliphatic heterocycles. The van der Waals surface area contributed by atoms with Crippen LogP contribution in [0.5, 0.6) is 0 Å². The van der Waals surface area contributed by atoms with Crippen molar-refractivity contribution in [2.75, 3.05) is 26.2 Å². The van der Waals surface area contributed by atoms with E-state index in [-0.39, 0.29) is 43.4 Å². The summed E-state index contributed by atoms with van der Waals surface area (Å²) in [4.78, 5) is 8.78. The van der Waals surface area contributed by atoms with Gasteiger partial charge < -0.3 is 5.32 Å². The van der Waals surface area contributed by atoms with E-state index in [1.807, 2.05) is 0 Å². The third-order valence-electron chi connectivity index (χ3n) is 4.45. The molecule has 140 valence electrons. The fourth-order valence-electron chi connectivity index (χ4n) is 3.23. The molecule has 12 heteroatoms. The van der Waals surface area contributed by atoms with Crippen molar-refractivity contribution in [2.24, 2.45) is 11.8 Å². The fourth-order valence-corrected chi connectivity index (χ4v) is 4.97. The number of hydrogen-bond acceptors (Lipinski definition) is 5. The second kappa shape index (κ2) is 6.71. The first-order chi connectivity index (χ1) is 11.1. The zero-order chi connectivity index (χ0) is 17.7. The summed E-state index contributed by atoms with van der Waals surface area (Å²) in [5, 5.41) is 13.8. The van der Waals surface area contributed by atoms with Gasteiger partial charge in [0.2, 0.25) is 10.0 Å². The molecule has 0 saturated carbocycles. The SMILES string of the molecule is Cl.O=[N+]([O-])c1ccc(S(=O)(=O)N2C[C@H]3CNC[C@H]3C2)c(C(F)(F)F)c1. The largest absolute Gasteiger partial charge is 0.417 e. The summed E-state index contributed by atoms with van der Waals surface area (Å²) in [5.74, 6) is 0.152. The van der Waals surface area contributed by atoms with Gasteiger partial charge in [-0.15, -0.1) is 12.4 Å². The molecule has 7 nitrogen and oxygen atoms in total. The van der Waals surface area contributed by atoms with Crippen molar-refractivity contribution in [1.82, 2.24) is 9.62 Å². The Labute approximate surface area is 147 Å². The van der Waals surface area contributed by atoms with E-state index in [1.165, 1.54) is 0 Å². The Morgan fingerprint density at radius 2 is 1.76 bits per heavy atom. The molecule has 25 heavy (non-hydrogen) atoms. The number of benzene rings is 1. The first kappa shape index (κ1) is 19.9. The Morgan fingerprint density at radius 1 is 1.20 bits per heavy atom. The smallest absolute Gasteiger partial charge is 0.316 e. The number of sulfonamides is 1. The van der Waals surface area contributed by atoms with Gasteiger partial charge in [0.15, 0.2) is 0 Å². The molecule has 0 bridgehead atoms. The van der Waals surface area contributed by atoms with Crippen molar-refractivity contribution in [1.29, 1.82) is 0 Å². The number of nitro benzene ring substituents is 1. The van der Waals surface area contributed by atoms with E-state index in [1.54, 1.807) is 0 Å². The molecule has 1 N–H and O–H groups in total. The first-order valence-electron chi connectivity index (χ1n) is 7.17. The molecule has 0 aliphatic carbocycles. The average Bonchev–Trinajstić information content (AvgIpc) is 3.07. The Hall–Kier alpha value is -1.43. The quantitative estimate of drug-likeness (QED) is 0.616. The normalized spacial score (nSPS) is 24.0. The van der Waals surface area contributed by atoms with Crippen LogP contribution in [-0.4, -0.2) is 43.8 Å². The summed E-state index contributed by atoms with van der Waals surface area (Å²) in [5.41, 5.74) is -2.31. The summed E-state index contributed by atoms with van der Waals surface area (Å²) in [7, 11) is -4.37. The van der Waals surface area contributed by atoms with Gasteiger partial charge in [-0.3, -0.25) is 10.1 Å². The minimum Gasteiger partial charge on any atom is -0.316 e. The average molecular weight is 402 g/mol. The molecule has 1 aromatic rings. The summed E-state index contributed by atoms with van der Waals surface area (Å²) in [6.45, 7) is 1.55. The highest BCUT2D eigenvalue weighted by Gasteiger charge is 2.45. The number of hydrogen-bond donors (Lipinski definition) is 1.